The molecule has 106 valence electrons. The van der Waals surface area contributed by atoms with Gasteiger partial charge in [0.1, 0.15) is 0 Å². The standard InChI is InChI=1S/C14H23N3OS/c1-3-12-4-9-19-13(12)10-16-14(18)11(2)17-7-5-15-6-8-17/h4,9,11,15H,3,5-8,10H2,1-2H3,(H,16,18). The summed E-state index contributed by atoms with van der Waals surface area (Å²) >= 11 is 1.73. The van der Waals surface area contributed by atoms with Gasteiger partial charge in [-0.3, -0.25) is 9.69 Å². The Morgan fingerprint density at radius 3 is 2.95 bits per heavy atom. The van der Waals surface area contributed by atoms with Crippen molar-refractivity contribution in [2.24, 2.45) is 0 Å². The number of thiophene rings is 1. The highest BCUT2D eigenvalue weighted by Gasteiger charge is 2.22. The van der Waals surface area contributed by atoms with Gasteiger partial charge in [0, 0.05) is 31.1 Å². The first-order valence-electron chi connectivity index (χ1n) is 7.00. The molecule has 1 aliphatic heterocycles. The van der Waals surface area contributed by atoms with Gasteiger partial charge in [-0.25, -0.2) is 0 Å². The Morgan fingerprint density at radius 2 is 2.26 bits per heavy atom. The third kappa shape index (κ3) is 3.78. The van der Waals surface area contributed by atoms with Gasteiger partial charge in [0.25, 0.3) is 0 Å². The van der Waals surface area contributed by atoms with Gasteiger partial charge in [-0.05, 0) is 30.4 Å². The van der Waals surface area contributed by atoms with E-state index < -0.39 is 0 Å². The topological polar surface area (TPSA) is 44.4 Å². The average molecular weight is 281 g/mol. The first kappa shape index (κ1) is 14.5. The van der Waals surface area contributed by atoms with Crippen molar-refractivity contribution in [1.82, 2.24) is 15.5 Å². The maximum atomic E-state index is 12.2. The van der Waals surface area contributed by atoms with Crippen molar-refractivity contribution in [3.05, 3.63) is 21.9 Å². The fraction of sp³-hybridized carbons (Fsp3) is 0.643. The second kappa shape index (κ2) is 7.03. The molecule has 2 rings (SSSR count). The van der Waals surface area contributed by atoms with E-state index in [9.17, 15) is 4.79 Å². The van der Waals surface area contributed by atoms with Gasteiger partial charge in [0.05, 0.1) is 12.6 Å². The molecule has 0 aliphatic carbocycles. The maximum absolute atomic E-state index is 12.2. The number of rotatable bonds is 5. The second-order valence-corrected chi connectivity index (χ2v) is 5.90. The monoisotopic (exact) mass is 281 g/mol. The lowest BCUT2D eigenvalue weighted by Crippen LogP contribution is -2.52. The molecule has 4 nitrogen and oxygen atoms in total. The van der Waals surface area contributed by atoms with E-state index in [-0.39, 0.29) is 11.9 Å². The Balaban J connectivity index is 1.83. The zero-order chi connectivity index (χ0) is 13.7. The molecule has 2 N–H and O–H groups in total. The molecule has 1 atom stereocenters. The van der Waals surface area contributed by atoms with Crippen LogP contribution in [0.25, 0.3) is 0 Å². The van der Waals surface area contributed by atoms with Crippen LogP contribution >= 0.6 is 11.3 Å². The van der Waals surface area contributed by atoms with E-state index in [1.54, 1.807) is 11.3 Å². The molecule has 1 aromatic rings. The van der Waals surface area contributed by atoms with E-state index in [0.29, 0.717) is 6.54 Å². The molecule has 2 heterocycles. The molecule has 1 aliphatic rings. The van der Waals surface area contributed by atoms with Crippen LogP contribution in [0.15, 0.2) is 11.4 Å². The van der Waals surface area contributed by atoms with Crippen LogP contribution in [-0.4, -0.2) is 43.0 Å². The normalized spacial score (nSPS) is 18.2. The smallest absolute Gasteiger partial charge is 0.237 e. The minimum atomic E-state index is -0.0351. The van der Waals surface area contributed by atoms with E-state index in [0.717, 1.165) is 32.6 Å². The van der Waals surface area contributed by atoms with Crippen LogP contribution in [0.1, 0.15) is 24.3 Å². The Kier molecular flexibility index (Phi) is 5.36. The highest BCUT2D eigenvalue weighted by Crippen LogP contribution is 2.17. The predicted octanol–water partition coefficient (Wildman–Crippen LogP) is 1.22. The first-order chi connectivity index (χ1) is 9.22. The van der Waals surface area contributed by atoms with Gasteiger partial charge in [-0.2, -0.15) is 0 Å². The van der Waals surface area contributed by atoms with Crippen LogP contribution in [0.3, 0.4) is 0 Å². The lowest BCUT2D eigenvalue weighted by molar-refractivity contribution is -0.126. The number of hydrogen-bond acceptors (Lipinski definition) is 4. The lowest BCUT2D eigenvalue weighted by Gasteiger charge is -2.31. The third-order valence-corrected chi connectivity index (χ3v) is 4.68. The van der Waals surface area contributed by atoms with Gasteiger partial charge in [0.15, 0.2) is 0 Å². The van der Waals surface area contributed by atoms with Crippen LogP contribution in [0.2, 0.25) is 0 Å². The SMILES string of the molecule is CCc1ccsc1CNC(=O)C(C)N1CCNCC1. The number of piperazine rings is 1. The average Bonchev–Trinajstić information content (AvgIpc) is 2.92. The molecular weight excluding hydrogens is 258 g/mol. The van der Waals surface area contributed by atoms with E-state index >= 15 is 0 Å². The van der Waals surface area contributed by atoms with Crippen molar-refractivity contribution in [3.63, 3.8) is 0 Å². The van der Waals surface area contributed by atoms with Gasteiger partial charge in [0.2, 0.25) is 5.91 Å². The number of nitrogens with zero attached hydrogens (tertiary/aromatic N) is 1. The third-order valence-electron chi connectivity index (χ3n) is 3.72. The summed E-state index contributed by atoms with van der Waals surface area (Å²) in [5.74, 6) is 0.136. The number of aryl methyl sites for hydroxylation is 1. The van der Waals surface area contributed by atoms with Crippen molar-refractivity contribution in [2.45, 2.75) is 32.9 Å². The predicted molar refractivity (Wildman–Crippen MR) is 79.4 cm³/mol. The second-order valence-electron chi connectivity index (χ2n) is 4.90. The zero-order valence-corrected chi connectivity index (χ0v) is 12.6. The van der Waals surface area contributed by atoms with Crippen LogP contribution in [-0.2, 0) is 17.8 Å². The highest BCUT2D eigenvalue weighted by molar-refractivity contribution is 7.10. The summed E-state index contributed by atoms with van der Waals surface area (Å²) in [5, 5.41) is 8.47. The van der Waals surface area contributed by atoms with Gasteiger partial charge in [-0.1, -0.05) is 6.92 Å². The zero-order valence-electron chi connectivity index (χ0n) is 11.7. The van der Waals surface area contributed by atoms with Crippen molar-refractivity contribution in [1.29, 1.82) is 0 Å². The number of carbonyl (C=O) groups excluding carboxylic acids is 1. The van der Waals surface area contributed by atoms with Gasteiger partial charge >= 0.3 is 0 Å². The highest BCUT2D eigenvalue weighted by atomic mass is 32.1. The molecular formula is C14H23N3OS. The Hall–Kier alpha value is -0.910. The summed E-state index contributed by atoms with van der Waals surface area (Å²) < 4.78 is 0. The summed E-state index contributed by atoms with van der Waals surface area (Å²) in [7, 11) is 0. The van der Waals surface area contributed by atoms with Crippen molar-refractivity contribution >= 4 is 17.2 Å². The summed E-state index contributed by atoms with van der Waals surface area (Å²) in [5.41, 5.74) is 1.35. The molecule has 1 unspecified atom stereocenters. The fourth-order valence-electron chi connectivity index (χ4n) is 2.39. The van der Waals surface area contributed by atoms with Crippen LogP contribution in [0.5, 0.6) is 0 Å². The molecule has 0 bridgehead atoms. The fourth-order valence-corrected chi connectivity index (χ4v) is 3.30. The molecule has 1 aromatic heterocycles. The largest absolute Gasteiger partial charge is 0.350 e. The molecule has 5 heteroatoms. The van der Waals surface area contributed by atoms with Crippen LogP contribution in [0.4, 0.5) is 0 Å². The molecule has 1 saturated heterocycles. The van der Waals surface area contributed by atoms with E-state index in [4.69, 9.17) is 0 Å². The lowest BCUT2D eigenvalue weighted by atomic mass is 10.2. The Morgan fingerprint density at radius 1 is 1.53 bits per heavy atom. The summed E-state index contributed by atoms with van der Waals surface area (Å²) in [6.45, 7) is 8.66. The molecule has 0 spiro atoms. The number of amides is 1. The molecule has 0 radical (unpaired) electrons. The maximum Gasteiger partial charge on any atom is 0.237 e. The Labute approximate surface area is 119 Å². The molecule has 0 aromatic carbocycles. The van der Waals surface area contributed by atoms with Crippen molar-refractivity contribution < 1.29 is 4.79 Å². The molecule has 0 saturated carbocycles. The van der Waals surface area contributed by atoms with Crippen LogP contribution in [0, 0.1) is 0 Å². The van der Waals surface area contributed by atoms with E-state index in [2.05, 4.69) is 33.9 Å². The minimum absolute atomic E-state index is 0.0351. The summed E-state index contributed by atoms with van der Waals surface area (Å²) in [6, 6.07) is 2.11. The first-order valence-corrected chi connectivity index (χ1v) is 7.88. The summed E-state index contributed by atoms with van der Waals surface area (Å²) in [4.78, 5) is 15.7. The van der Waals surface area contributed by atoms with Crippen molar-refractivity contribution in [3.8, 4) is 0 Å². The van der Waals surface area contributed by atoms with Gasteiger partial charge in [-0.15, -0.1) is 11.3 Å². The Bertz CT molecular complexity index is 413. The summed E-state index contributed by atoms with van der Waals surface area (Å²) in [6.07, 6.45) is 1.03. The van der Waals surface area contributed by atoms with E-state index in [1.165, 1.54) is 10.4 Å². The van der Waals surface area contributed by atoms with E-state index in [1.807, 2.05) is 6.92 Å². The molecule has 19 heavy (non-hydrogen) atoms. The quantitative estimate of drug-likeness (QED) is 0.853. The number of nitrogens with one attached hydrogen (secondary N) is 2. The van der Waals surface area contributed by atoms with Crippen LogP contribution < -0.4 is 10.6 Å². The minimum Gasteiger partial charge on any atom is -0.350 e. The molecule has 1 fully saturated rings. The van der Waals surface area contributed by atoms with Gasteiger partial charge < -0.3 is 10.6 Å². The number of hydrogen-bond donors (Lipinski definition) is 2. The van der Waals surface area contributed by atoms with Crippen molar-refractivity contribution in [2.75, 3.05) is 26.2 Å². The number of carbonyl (C=O) groups is 1. The molecule has 1 amide bonds.